The van der Waals surface area contributed by atoms with Gasteiger partial charge in [0.1, 0.15) is 12.4 Å². The third-order valence-electron chi connectivity index (χ3n) is 3.47. The Bertz CT molecular complexity index is 617. The molecule has 23 heavy (non-hydrogen) atoms. The summed E-state index contributed by atoms with van der Waals surface area (Å²) >= 11 is 5.18. The molecule has 2 aromatic rings. The molecule has 0 spiro atoms. The van der Waals surface area contributed by atoms with Gasteiger partial charge in [-0.1, -0.05) is 22.0 Å². The molecule has 0 atom stereocenters. The molecule has 1 saturated heterocycles. The summed E-state index contributed by atoms with van der Waals surface area (Å²) in [5, 5.41) is 4.49. The molecule has 0 saturated carbocycles. The fourth-order valence-electron chi connectivity index (χ4n) is 2.29. The van der Waals surface area contributed by atoms with Gasteiger partial charge in [-0.05, 0) is 18.2 Å². The largest absolute Gasteiger partial charge is 0.492 e. The Morgan fingerprint density at radius 2 is 2.22 bits per heavy atom. The fraction of sp³-hybridized carbons (Fsp3) is 0.438. The summed E-state index contributed by atoms with van der Waals surface area (Å²) in [6.07, 6.45) is 1.96. The Morgan fingerprint density at radius 3 is 3.04 bits per heavy atom. The van der Waals surface area contributed by atoms with E-state index in [0.29, 0.717) is 6.61 Å². The van der Waals surface area contributed by atoms with E-state index in [1.54, 1.807) is 11.3 Å². The van der Waals surface area contributed by atoms with Crippen LogP contribution in [0.4, 0.5) is 5.13 Å². The summed E-state index contributed by atoms with van der Waals surface area (Å²) in [5.41, 5.74) is 0. The standard InChI is InChI=1S/C16H20BrN3O2S/c17-13-2-1-3-14(10-13)22-7-4-18-11-15-12-19-16(23-15)20-5-8-21-9-6-20/h1-3,10,12,18H,4-9,11H2. The third-order valence-corrected chi connectivity index (χ3v) is 5.02. The number of halogens is 1. The molecule has 1 aromatic heterocycles. The van der Waals surface area contributed by atoms with Gasteiger partial charge in [0, 0.05) is 41.7 Å². The molecule has 0 amide bonds. The molecule has 3 rings (SSSR count). The minimum Gasteiger partial charge on any atom is -0.492 e. The number of thiazole rings is 1. The molecule has 0 radical (unpaired) electrons. The zero-order chi connectivity index (χ0) is 15.9. The number of morpholine rings is 1. The van der Waals surface area contributed by atoms with Gasteiger partial charge in [0.15, 0.2) is 5.13 Å². The first-order valence-electron chi connectivity index (χ1n) is 7.68. The van der Waals surface area contributed by atoms with Gasteiger partial charge in [-0.3, -0.25) is 0 Å². The number of anilines is 1. The van der Waals surface area contributed by atoms with Crippen molar-refractivity contribution in [1.29, 1.82) is 0 Å². The van der Waals surface area contributed by atoms with Crippen LogP contribution in [-0.2, 0) is 11.3 Å². The van der Waals surface area contributed by atoms with Crippen LogP contribution in [0.1, 0.15) is 4.88 Å². The Labute approximate surface area is 148 Å². The van der Waals surface area contributed by atoms with Crippen molar-refractivity contribution in [2.75, 3.05) is 44.4 Å². The third kappa shape index (κ3) is 5.17. The Kier molecular flexibility index (Phi) is 6.27. The van der Waals surface area contributed by atoms with Crippen molar-refractivity contribution in [3.05, 3.63) is 39.8 Å². The molecule has 1 aliphatic heterocycles. The highest BCUT2D eigenvalue weighted by molar-refractivity contribution is 9.10. The van der Waals surface area contributed by atoms with E-state index in [1.165, 1.54) is 4.88 Å². The van der Waals surface area contributed by atoms with Crippen LogP contribution in [0.5, 0.6) is 5.75 Å². The molecule has 0 bridgehead atoms. The minimum atomic E-state index is 0.644. The van der Waals surface area contributed by atoms with Crippen molar-refractivity contribution in [2.24, 2.45) is 0 Å². The number of hydrogen-bond donors (Lipinski definition) is 1. The molecule has 2 heterocycles. The van der Waals surface area contributed by atoms with Crippen molar-refractivity contribution >= 4 is 32.4 Å². The molecule has 7 heteroatoms. The van der Waals surface area contributed by atoms with Gasteiger partial charge in [0.05, 0.1) is 13.2 Å². The van der Waals surface area contributed by atoms with Crippen LogP contribution >= 0.6 is 27.3 Å². The first-order chi connectivity index (χ1) is 11.3. The smallest absolute Gasteiger partial charge is 0.185 e. The second-order valence-corrected chi connectivity index (χ2v) is 7.20. The van der Waals surface area contributed by atoms with Gasteiger partial charge < -0.3 is 19.7 Å². The van der Waals surface area contributed by atoms with E-state index < -0.39 is 0 Å². The second kappa shape index (κ2) is 8.63. The van der Waals surface area contributed by atoms with Crippen LogP contribution in [-0.4, -0.2) is 44.4 Å². The van der Waals surface area contributed by atoms with Gasteiger partial charge in [-0.25, -0.2) is 4.98 Å². The zero-order valence-corrected chi connectivity index (χ0v) is 15.2. The number of nitrogens with one attached hydrogen (secondary N) is 1. The number of ether oxygens (including phenoxy) is 2. The van der Waals surface area contributed by atoms with Crippen molar-refractivity contribution in [3.63, 3.8) is 0 Å². The number of hydrogen-bond acceptors (Lipinski definition) is 6. The Hall–Kier alpha value is -1.15. The Balaban J connectivity index is 1.36. The summed E-state index contributed by atoms with van der Waals surface area (Å²) in [7, 11) is 0. The predicted octanol–water partition coefficient (Wildman–Crippen LogP) is 2.91. The lowest BCUT2D eigenvalue weighted by atomic mass is 10.3. The molecule has 0 aliphatic carbocycles. The topological polar surface area (TPSA) is 46.6 Å². The van der Waals surface area contributed by atoms with Crippen molar-refractivity contribution in [1.82, 2.24) is 10.3 Å². The summed E-state index contributed by atoms with van der Waals surface area (Å²) < 4.78 is 12.1. The van der Waals surface area contributed by atoms with E-state index in [9.17, 15) is 0 Å². The van der Waals surface area contributed by atoms with Crippen LogP contribution in [0.15, 0.2) is 34.9 Å². The molecule has 1 fully saturated rings. The maximum atomic E-state index is 5.70. The van der Waals surface area contributed by atoms with Gasteiger partial charge in [0.25, 0.3) is 0 Å². The SMILES string of the molecule is Brc1cccc(OCCNCc2cnc(N3CCOCC3)s2)c1. The minimum absolute atomic E-state index is 0.644. The zero-order valence-electron chi connectivity index (χ0n) is 12.8. The summed E-state index contributed by atoms with van der Waals surface area (Å²) in [6.45, 7) is 5.72. The normalized spacial score (nSPS) is 14.9. The van der Waals surface area contributed by atoms with Crippen molar-refractivity contribution in [2.45, 2.75) is 6.54 Å². The monoisotopic (exact) mass is 397 g/mol. The number of nitrogens with zero attached hydrogens (tertiary/aromatic N) is 2. The van der Waals surface area contributed by atoms with E-state index in [4.69, 9.17) is 9.47 Å². The quantitative estimate of drug-likeness (QED) is 0.727. The van der Waals surface area contributed by atoms with E-state index in [2.05, 4.69) is 31.1 Å². The van der Waals surface area contributed by atoms with Crippen LogP contribution in [0.3, 0.4) is 0 Å². The van der Waals surface area contributed by atoms with Crippen LogP contribution in [0, 0.1) is 0 Å². The number of rotatable bonds is 7. The number of aromatic nitrogens is 1. The van der Waals surface area contributed by atoms with Gasteiger partial charge in [-0.15, -0.1) is 11.3 Å². The maximum Gasteiger partial charge on any atom is 0.185 e. The molecule has 1 N–H and O–H groups in total. The molecular weight excluding hydrogens is 378 g/mol. The second-order valence-electron chi connectivity index (χ2n) is 5.19. The molecule has 5 nitrogen and oxygen atoms in total. The highest BCUT2D eigenvalue weighted by Crippen LogP contribution is 2.23. The summed E-state index contributed by atoms with van der Waals surface area (Å²) in [6, 6.07) is 7.89. The van der Waals surface area contributed by atoms with E-state index in [-0.39, 0.29) is 0 Å². The lowest BCUT2D eigenvalue weighted by Gasteiger charge is -2.25. The van der Waals surface area contributed by atoms with E-state index in [0.717, 1.165) is 54.7 Å². The highest BCUT2D eigenvalue weighted by atomic mass is 79.9. The lowest BCUT2D eigenvalue weighted by Crippen LogP contribution is -2.36. The van der Waals surface area contributed by atoms with Gasteiger partial charge >= 0.3 is 0 Å². The maximum absolute atomic E-state index is 5.70. The van der Waals surface area contributed by atoms with Gasteiger partial charge in [0.2, 0.25) is 0 Å². The average molecular weight is 398 g/mol. The lowest BCUT2D eigenvalue weighted by molar-refractivity contribution is 0.122. The van der Waals surface area contributed by atoms with Crippen LogP contribution < -0.4 is 15.0 Å². The first kappa shape index (κ1) is 16.7. The van der Waals surface area contributed by atoms with Crippen molar-refractivity contribution < 1.29 is 9.47 Å². The molecular formula is C16H20BrN3O2S. The molecule has 124 valence electrons. The van der Waals surface area contributed by atoms with Crippen LogP contribution in [0.25, 0.3) is 0 Å². The summed E-state index contributed by atoms with van der Waals surface area (Å²) in [5.74, 6) is 0.883. The first-order valence-corrected chi connectivity index (χ1v) is 9.29. The van der Waals surface area contributed by atoms with E-state index in [1.807, 2.05) is 30.5 Å². The van der Waals surface area contributed by atoms with Gasteiger partial charge in [-0.2, -0.15) is 0 Å². The Morgan fingerprint density at radius 1 is 1.35 bits per heavy atom. The number of benzene rings is 1. The van der Waals surface area contributed by atoms with E-state index >= 15 is 0 Å². The average Bonchev–Trinajstić information content (AvgIpc) is 3.04. The van der Waals surface area contributed by atoms with Crippen molar-refractivity contribution in [3.8, 4) is 5.75 Å². The van der Waals surface area contributed by atoms with Crippen LogP contribution in [0.2, 0.25) is 0 Å². The fourth-order valence-corrected chi connectivity index (χ4v) is 3.60. The molecule has 1 aliphatic rings. The highest BCUT2D eigenvalue weighted by Gasteiger charge is 2.14. The predicted molar refractivity (Wildman–Crippen MR) is 96.5 cm³/mol. The molecule has 1 aromatic carbocycles. The summed E-state index contributed by atoms with van der Waals surface area (Å²) in [4.78, 5) is 8.04. The molecule has 0 unspecified atom stereocenters.